The molecule has 0 heterocycles. The van der Waals surface area contributed by atoms with Crippen molar-refractivity contribution in [1.82, 2.24) is 5.32 Å². The minimum atomic E-state index is 0.0778. The molecule has 1 N–H and O–H groups in total. The second-order valence-corrected chi connectivity index (χ2v) is 3.86. The minimum absolute atomic E-state index is 0.0778. The summed E-state index contributed by atoms with van der Waals surface area (Å²) in [6.07, 6.45) is 1.11. The van der Waals surface area contributed by atoms with Gasteiger partial charge in [0.1, 0.15) is 0 Å². The van der Waals surface area contributed by atoms with Gasteiger partial charge in [0.2, 0.25) is 5.91 Å². The van der Waals surface area contributed by atoms with Gasteiger partial charge in [-0.15, -0.1) is 0 Å². The summed E-state index contributed by atoms with van der Waals surface area (Å²) < 4.78 is 0. The van der Waals surface area contributed by atoms with Gasteiger partial charge in [0, 0.05) is 13.0 Å². The summed E-state index contributed by atoms with van der Waals surface area (Å²) >= 11 is 0. The molecule has 0 spiro atoms. The molecule has 0 bridgehead atoms. The van der Waals surface area contributed by atoms with Gasteiger partial charge in [0.25, 0.3) is 0 Å². The van der Waals surface area contributed by atoms with Crippen LogP contribution in [-0.4, -0.2) is 11.9 Å². The van der Waals surface area contributed by atoms with Gasteiger partial charge in [-0.25, -0.2) is 0 Å². The third kappa shape index (κ3) is 3.74. The highest BCUT2D eigenvalue weighted by atomic mass is 16.1. The predicted octanol–water partition coefficient (Wildman–Crippen LogP) is 2.19. The van der Waals surface area contributed by atoms with Crippen LogP contribution in [0.1, 0.15) is 41.0 Å². The molecule has 2 atom stereocenters. The summed E-state index contributed by atoms with van der Waals surface area (Å²) in [6.45, 7) is 10.2. The molecule has 0 aliphatic carbocycles. The van der Waals surface area contributed by atoms with Crippen molar-refractivity contribution in [3.63, 3.8) is 0 Å². The number of hydrogen-bond donors (Lipinski definition) is 1. The van der Waals surface area contributed by atoms with Crippen LogP contribution in [0.25, 0.3) is 0 Å². The summed E-state index contributed by atoms with van der Waals surface area (Å²) in [5.41, 5.74) is 0. The van der Waals surface area contributed by atoms with E-state index in [2.05, 4.69) is 33.0 Å². The standard InChI is InChI=1S/C10H21NO/c1-6-8(4)10(7(2)3)11-9(5)12/h7-8,10H,6H2,1-5H3,(H,11,12)/t8-,10?/m1/s1. The number of hydrogen-bond acceptors (Lipinski definition) is 1. The molecule has 2 heteroatoms. The summed E-state index contributed by atoms with van der Waals surface area (Å²) in [5, 5.41) is 2.99. The van der Waals surface area contributed by atoms with Gasteiger partial charge < -0.3 is 5.32 Å². The molecule has 1 unspecified atom stereocenters. The smallest absolute Gasteiger partial charge is 0.217 e. The van der Waals surface area contributed by atoms with Crippen molar-refractivity contribution < 1.29 is 4.79 Å². The normalized spacial score (nSPS) is 15.8. The summed E-state index contributed by atoms with van der Waals surface area (Å²) in [5.74, 6) is 1.16. The maximum absolute atomic E-state index is 10.9. The van der Waals surface area contributed by atoms with Crippen molar-refractivity contribution in [2.24, 2.45) is 11.8 Å². The summed E-state index contributed by atoms with van der Waals surface area (Å²) in [7, 11) is 0. The van der Waals surface area contributed by atoms with Crippen molar-refractivity contribution in [1.29, 1.82) is 0 Å². The number of nitrogens with one attached hydrogen (secondary N) is 1. The van der Waals surface area contributed by atoms with Crippen LogP contribution in [0.3, 0.4) is 0 Å². The highest BCUT2D eigenvalue weighted by Gasteiger charge is 2.19. The lowest BCUT2D eigenvalue weighted by molar-refractivity contribution is -0.120. The molecule has 2 nitrogen and oxygen atoms in total. The Bertz CT molecular complexity index is 143. The van der Waals surface area contributed by atoms with E-state index in [1.165, 1.54) is 0 Å². The zero-order valence-corrected chi connectivity index (χ0v) is 8.85. The Morgan fingerprint density at radius 2 is 1.83 bits per heavy atom. The van der Waals surface area contributed by atoms with Crippen LogP contribution in [0.15, 0.2) is 0 Å². The van der Waals surface area contributed by atoms with Crippen LogP contribution in [0, 0.1) is 11.8 Å². The molecule has 0 aromatic carbocycles. The molecule has 0 fully saturated rings. The molecule has 0 aromatic rings. The van der Waals surface area contributed by atoms with Crippen LogP contribution in [0.4, 0.5) is 0 Å². The lowest BCUT2D eigenvalue weighted by Gasteiger charge is -2.27. The topological polar surface area (TPSA) is 29.1 Å². The van der Waals surface area contributed by atoms with E-state index in [1.807, 2.05) is 0 Å². The first-order valence-electron chi connectivity index (χ1n) is 4.76. The van der Waals surface area contributed by atoms with Crippen LogP contribution >= 0.6 is 0 Å². The molecular weight excluding hydrogens is 150 g/mol. The summed E-state index contributed by atoms with van der Waals surface area (Å²) in [6, 6.07) is 0.326. The number of carbonyl (C=O) groups excluding carboxylic acids is 1. The highest BCUT2D eigenvalue weighted by molar-refractivity contribution is 5.73. The summed E-state index contributed by atoms with van der Waals surface area (Å²) in [4.78, 5) is 10.9. The molecule has 0 aliphatic rings. The average Bonchev–Trinajstić information content (AvgIpc) is 1.98. The SMILES string of the molecule is CC[C@@H](C)C(NC(C)=O)C(C)C. The lowest BCUT2D eigenvalue weighted by atomic mass is 9.90. The van der Waals surface area contributed by atoms with Gasteiger partial charge in [-0.3, -0.25) is 4.79 Å². The largest absolute Gasteiger partial charge is 0.353 e. The third-order valence-corrected chi connectivity index (χ3v) is 2.35. The van der Waals surface area contributed by atoms with Gasteiger partial charge in [0.15, 0.2) is 0 Å². The van der Waals surface area contributed by atoms with Gasteiger partial charge in [-0.05, 0) is 11.8 Å². The van der Waals surface area contributed by atoms with E-state index in [0.717, 1.165) is 6.42 Å². The third-order valence-electron chi connectivity index (χ3n) is 2.35. The van der Waals surface area contributed by atoms with E-state index < -0.39 is 0 Å². The fourth-order valence-electron chi connectivity index (χ4n) is 1.45. The Labute approximate surface area is 75.7 Å². The number of amides is 1. The van der Waals surface area contributed by atoms with Crippen molar-refractivity contribution in [3.8, 4) is 0 Å². The minimum Gasteiger partial charge on any atom is -0.353 e. The molecule has 0 saturated carbocycles. The van der Waals surface area contributed by atoms with Crippen molar-refractivity contribution in [2.45, 2.75) is 47.1 Å². The van der Waals surface area contributed by atoms with E-state index in [9.17, 15) is 4.79 Å². The quantitative estimate of drug-likeness (QED) is 0.690. The Hall–Kier alpha value is -0.530. The first kappa shape index (κ1) is 11.5. The first-order valence-corrected chi connectivity index (χ1v) is 4.76. The number of carbonyl (C=O) groups is 1. The fraction of sp³-hybridized carbons (Fsp3) is 0.900. The van der Waals surface area contributed by atoms with E-state index in [0.29, 0.717) is 17.9 Å². The van der Waals surface area contributed by atoms with Crippen molar-refractivity contribution in [3.05, 3.63) is 0 Å². The van der Waals surface area contributed by atoms with Gasteiger partial charge in [-0.2, -0.15) is 0 Å². The molecule has 72 valence electrons. The maximum atomic E-state index is 10.9. The molecule has 0 saturated heterocycles. The Balaban J connectivity index is 4.12. The van der Waals surface area contributed by atoms with Crippen LogP contribution in [0.5, 0.6) is 0 Å². The van der Waals surface area contributed by atoms with Gasteiger partial charge in [-0.1, -0.05) is 34.1 Å². The van der Waals surface area contributed by atoms with E-state index in [1.54, 1.807) is 6.92 Å². The van der Waals surface area contributed by atoms with Gasteiger partial charge >= 0.3 is 0 Å². The average molecular weight is 171 g/mol. The Morgan fingerprint density at radius 1 is 1.33 bits per heavy atom. The van der Waals surface area contributed by atoms with E-state index in [4.69, 9.17) is 0 Å². The van der Waals surface area contributed by atoms with E-state index in [-0.39, 0.29) is 5.91 Å². The molecule has 0 rings (SSSR count). The van der Waals surface area contributed by atoms with Crippen molar-refractivity contribution in [2.75, 3.05) is 0 Å². The molecule has 12 heavy (non-hydrogen) atoms. The highest BCUT2D eigenvalue weighted by Crippen LogP contribution is 2.15. The Kier molecular flexibility index (Phi) is 4.95. The maximum Gasteiger partial charge on any atom is 0.217 e. The van der Waals surface area contributed by atoms with Crippen molar-refractivity contribution >= 4 is 5.91 Å². The second-order valence-electron chi connectivity index (χ2n) is 3.86. The molecule has 0 radical (unpaired) electrons. The van der Waals surface area contributed by atoms with Crippen LogP contribution < -0.4 is 5.32 Å². The van der Waals surface area contributed by atoms with Crippen LogP contribution in [-0.2, 0) is 4.79 Å². The number of rotatable bonds is 4. The fourth-order valence-corrected chi connectivity index (χ4v) is 1.45. The van der Waals surface area contributed by atoms with E-state index >= 15 is 0 Å². The second kappa shape index (κ2) is 5.18. The molecule has 1 amide bonds. The molecular formula is C10H21NO. The monoisotopic (exact) mass is 171 g/mol. The van der Waals surface area contributed by atoms with Gasteiger partial charge in [0.05, 0.1) is 0 Å². The zero-order chi connectivity index (χ0) is 9.72. The Morgan fingerprint density at radius 3 is 2.08 bits per heavy atom. The molecule has 0 aromatic heterocycles. The van der Waals surface area contributed by atoms with Crippen LogP contribution in [0.2, 0.25) is 0 Å². The molecule has 0 aliphatic heterocycles. The predicted molar refractivity (Wildman–Crippen MR) is 51.9 cm³/mol. The lowest BCUT2D eigenvalue weighted by Crippen LogP contribution is -2.41. The first-order chi connectivity index (χ1) is 5.49. The zero-order valence-electron chi connectivity index (χ0n) is 8.85.